The maximum atomic E-state index is 8.81. The van der Waals surface area contributed by atoms with Crippen molar-refractivity contribution in [3.05, 3.63) is 293 Å². The van der Waals surface area contributed by atoms with Crippen LogP contribution in [0.4, 0.5) is 0 Å². The molecule has 0 aromatic heterocycles. The molecule has 0 radical (unpaired) electrons. The maximum absolute atomic E-state index is 8.81. The van der Waals surface area contributed by atoms with Gasteiger partial charge in [-0.2, -0.15) is 13.5 Å². The van der Waals surface area contributed by atoms with Gasteiger partial charge in [0.1, 0.15) is 0 Å². The molecular formula is C69H92N2Na2O3S. The summed E-state index contributed by atoms with van der Waals surface area (Å²) in [7, 11) is 3.39. The molecule has 5 nitrogen and oxygen atoms in total. The van der Waals surface area contributed by atoms with E-state index in [9.17, 15) is 0 Å². The maximum Gasteiger partial charge on any atom is -0.00201 e. The Hall–Kier alpha value is -4.57. The van der Waals surface area contributed by atoms with Crippen LogP contribution in [0.15, 0.2) is 194 Å². The van der Waals surface area contributed by atoms with E-state index in [1.807, 2.05) is 69.2 Å². The van der Waals surface area contributed by atoms with E-state index in [0.717, 1.165) is 65.5 Å². The van der Waals surface area contributed by atoms with Gasteiger partial charge in [0.2, 0.25) is 0 Å². The molecular weight excluding hydrogens is 983 g/mol. The molecule has 404 valence electrons. The van der Waals surface area contributed by atoms with Gasteiger partial charge < -0.3 is 10.8 Å². The number of nitrogens with two attached hydrogens (primary N) is 1. The van der Waals surface area contributed by atoms with E-state index < -0.39 is 4.92 Å². The molecule has 0 saturated carbocycles. The van der Waals surface area contributed by atoms with Crippen molar-refractivity contribution in [2.75, 3.05) is 21.2 Å². The van der Waals surface area contributed by atoms with E-state index in [-0.39, 0.29) is 13.5 Å². The zero-order chi connectivity index (χ0) is 57.1. The molecule has 8 aromatic rings. The van der Waals surface area contributed by atoms with Crippen LogP contribution in [0.1, 0.15) is 158 Å². The average molecular weight is 1080 g/mol. The van der Waals surface area contributed by atoms with Gasteiger partial charge in [0, 0.05) is 12.0 Å². The number of hydrogen-bond acceptors (Lipinski definition) is 4. The summed E-state index contributed by atoms with van der Waals surface area (Å²) in [6.45, 7) is 20.0. The molecule has 0 atom stereocenters. The Kier molecular flexibility index (Phi) is 45.9. The molecule has 0 spiro atoms. The Bertz CT molecular complexity index is 2040. The Morgan fingerprint density at radius 2 is 0.351 bits per heavy atom. The molecule has 12 rings (SSSR count). The number of fused-ring (bicyclic) bond motifs is 8. The molecule has 0 heterocycles. The van der Waals surface area contributed by atoms with Gasteiger partial charge in [0.05, 0.1) is 0 Å². The number of rotatable bonds is 0. The summed E-state index contributed by atoms with van der Waals surface area (Å²) >= 11 is 2.89. The van der Waals surface area contributed by atoms with Gasteiger partial charge in [-0.15, -0.1) is 0 Å². The van der Waals surface area contributed by atoms with Crippen LogP contribution >= 0.6 is 13.5 Å². The summed E-state index contributed by atoms with van der Waals surface area (Å²) in [4.78, 5) is 8.31. The van der Waals surface area contributed by atoms with E-state index in [1.54, 1.807) is 0 Å². The molecule has 4 aliphatic carbocycles. The topological polar surface area (TPSA) is 89.4 Å². The smallest absolute Gasteiger partial charge is 0.00201 e. The second kappa shape index (κ2) is 47.4. The van der Waals surface area contributed by atoms with Crippen LogP contribution in [0.5, 0.6) is 0 Å². The van der Waals surface area contributed by atoms with Gasteiger partial charge in [0.25, 0.3) is 0 Å². The second-order valence-corrected chi connectivity index (χ2v) is 16.0. The van der Waals surface area contributed by atoms with Crippen molar-refractivity contribution >= 4 is 57.1 Å². The fourth-order valence-electron chi connectivity index (χ4n) is 8.86. The first-order valence-electron chi connectivity index (χ1n) is 28.1. The fourth-order valence-corrected chi connectivity index (χ4v) is 8.86. The Labute approximate surface area is 503 Å². The van der Waals surface area contributed by atoms with Crippen molar-refractivity contribution in [2.45, 2.75) is 121 Å². The van der Waals surface area contributed by atoms with Gasteiger partial charge in [-0.3, -0.25) is 10.1 Å². The Morgan fingerprint density at radius 3 is 0.403 bits per heavy atom. The summed E-state index contributed by atoms with van der Waals surface area (Å²) < 4.78 is 0. The molecule has 77 heavy (non-hydrogen) atoms. The van der Waals surface area contributed by atoms with E-state index in [2.05, 4.69) is 200 Å². The summed E-state index contributed by atoms with van der Waals surface area (Å²) in [5.41, 5.74) is 28.4. The van der Waals surface area contributed by atoms with Crippen LogP contribution < -0.4 is 5.73 Å². The third-order valence-corrected chi connectivity index (χ3v) is 12.0. The van der Waals surface area contributed by atoms with Gasteiger partial charge in [-0.05, 0) is 147 Å². The number of hydrogen-bond donors (Lipinski definition) is 2. The Morgan fingerprint density at radius 1 is 0.299 bits per heavy atom. The van der Waals surface area contributed by atoms with Crippen LogP contribution in [0, 0.1) is 10.1 Å². The van der Waals surface area contributed by atoms with Gasteiger partial charge in [-0.25, -0.2) is 0 Å². The predicted octanol–water partition coefficient (Wildman–Crippen LogP) is 16.3. The first kappa shape index (κ1) is 74.5. The number of aliphatic hydroxyl groups is 1. The molecule has 0 fully saturated rings. The van der Waals surface area contributed by atoms with Gasteiger partial charge in [0.15, 0.2) is 7.05 Å². The minimum Gasteiger partial charge on any atom is -0.0620 e. The van der Waals surface area contributed by atoms with Crippen molar-refractivity contribution in [3.8, 4) is 0 Å². The van der Waals surface area contributed by atoms with Crippen LogP contribution in [0.2, 0.25) is 0 Å². The summed E-state index contributed by atoms with van der Waals surface area (Å²) in [6.07, 6.45) is 8.83. The number of aliphatic hydroxyl groups excluding tert-OH is 1. The second-order valence-electron chi connectivity index (χ2n) is 16.0. The number of nitrogens with zero attached hydrogens (tertiary/aromatic N) is 1. The van der Waals surface area contributed by atoms with E-state index in [0.29, 0.717) is 0 Å². The predicted molar refractivity (Wildman–Crippen MR) is 344 cm³/mol. The van der Waals surface area contributed by atoms with Crippen molar-refractivity contribution < 1.29 is 10.0 Å². The molecule has 0 bridgehead atoms. The molecule has 0 saturated heterocycles. The molecule has 0 amide bonds. The molecule has 0 unspecified atom stereocenters. The monoisotopic (exact) mass is 1070 g/mol. The molecule has 8 aromatic carbocycles. The number of benzene rings is 8. The third-order valence-electron chi connectivity index (χ3n) is 12.0. The van der Waals surface area contributed by atoms with Gasteiger partial charge in [-0.1, -0.05) is 263 Å². The van der Waals surface area contributed by atoms with Crippen molar-refractivity contribution in [2.24, 2.45) is 5.73 Å². The van der Waals surface area contributed by atoms with Crippen LogP contribution in [0.3, 0.4) is 0 Å². The van der Waals surface area contributed by atoms with Crippen molar-refractivity contribution in [1.82, 2.24) is 0 Å². The number of nitro groups is 1. The fraction of sp³-hybridized carbons (Fsp3) is 0.304. The summed E-state index contributed by atoms with van der Waals surface area (Å²) in [5.74, 6) is 0. The van der Waals surface area contributed by atoms with E-state index in [1.165, 1.54) is 140 Å². The largest absolute Gasteiger partial charge is 0.0620 e. The molecule has 3 N–H and O–H groups in total. The molecule has 4 aliphatic rings. The van der Waals surface area contributed by atoms with Crippen molar-refractivity contribution in [3.63, 3.8) is 0 Å². The average Bonchev–Trinajstić information content (AvgIpc) is 3.51. The normalized spacial score (nSPS) is 10.5. The zero-order valence-corrected chi connectivity index (χ0v) is 54.9. The van der Waals surface area contributed by atoms with Crippen LogP contribution in [0.25, 0.3) is 0 Å². The standard InChI is InChI=1S/4C14H12.5C2H6.CH3NO2.CH5N.CH4O.2Na.H2S/c4*1-2-6-12-10-14-8-4-3-7-13(14)9-11(12)5-1;5*1-2;1-2(3)4;2*1-2;;;/h4*1-8H,9-10H2;5*1-2H3;1H3;2H2,1H3;2H,1H3;;;1H2. The SMILES string of the molecule is CC.CC.CC.CC.CC.CN.CO.C[N+](=O)[O-].S.[Na][Na].c1ccc2c(c1)Cc1ccccc1C2.c1ccc2c(c1)Cc1ccccc1C2.c1ccc2c(c1)Cc1ccccc1C2.c1ccc2c(c1)Cc1ccccc1C2. The van der Waals surface area contributed by atoms with E-state index in [4.69, 9.17) is 15.2 Å². The zero-order valence-electron chi connectivity index (χ0n) is 49.9. The summed E-state index contributed by atoms with van der Waals surface area (Å²) in [5, 5.41) is 15.8. The quantitative estimate of drug-likeness (QED) is 0.0899. The summed E-state index contributed by atoms with van der Waals surface area (Å²) in [6, 6.07) is 70.0. The van der Waals surface area contributed by atoms with E-state index >= 15 is 0 Å². The van der Waals surface area contributed by atoms with Gasteiger partial charge >= 0.3 is 43.6 Å². The molecule has 8 heteroatoms. The minimum atomic E-state index is -0.500. The first-order chi connectivity index (χ1) is 37.5. The first-order valence-corrected chi connectivity index (χ1v) is 36.1. The van der Waals surface area contributed by atoms with Crippen LogP contribution in [-0.2, 0) is 51.4 Å². The third kappa shape index (κ3) is 25.8. The van der Waals surface area contributed by atoms with Crippen LogP contribution in [-0.4, -0.2) is 74.9 Å². The Balaban J connectivity index is 0. The minimum absolute atomic E-state index is 0. The molecule has 0 aliphatic heterocycles. The van der Waals surface area contributed by atoms with Crippen molar-refractivity contribution in [1.29, 1.82) is 0 Å².